The molecule has 0 radical (unpaired) electrons. The van der Waals surface area contributed by atoms with E-state index in [0.717, 1.165) is 11.3 Å². The van der Waals surface area contributed by atoms with Gasteiger partial charge in [0.15, 0.2) is 0 Å². The largest absolute Gasteiger partial charge is 0.345 e. The summed E-state index contributed by atoms with van der Waals surface area (Å²) in [6.45, 7) is 0.789. The van der Waals surface area contributed by atoms with Gasteiger partial charge in [-0.3, -0.25) is 4.79 Å². The number of sulfonamides is 1. The van der Waals surface area contributed by atoms with E-state index in [-0.39, 0.29) is 16.7 Å². The zero-order chi connectivity index (χ0) is 14.2. The molecule has 19 heavy (non-hydrogen) atoms. The molecule has 1 amide bonds. The van der Waals surface area contributed by atoms with Gasteiger partial charge in [0.2, 0.25) is 5.91 Å². The van der Waals surface area contributed by atoms with E-state index in [1.54, 1.807) is 11.9 Å². The van der Waals surface area contributed by atoms with Crippen molar-refractivity contribution in [3.05, 3.63) is 14.9 Å². The quantitative estimate of drug-likeness (QED) is 0.780. The Kier molecular flexibility index (Phi) is 4.56. The summed E-state index contributed by atoms with van der Waals surface area (Å²) in [4.78, 5) is 13.3. The Bertz CT molecular complexity index is 582. The lowest BCUT2D eigenvalue weighted by molar-refractivity contribution is -0.129. The number of amides is 1. The minimum absolute atomic E-state index is 0.119. The van der Waals surface area contributed by atoms with E-state index in [1.165, 1.54) is 10.4 Å². The first-order valence-electron chi connectivity index (χ1n) is 5.51. The maximum atomic E-state index is 12.4. The van der Waals surface area contributed by atoms with Gasteiger partial charge >= 0.3 is 0 Å². The van der Waals surface area contributed by atoms with Crippen LogP contribution in [0.1, 0.15) is 6.42 Å². The molecule has 1 aliphatic rings. The molecule has 2 heterocycles. The van der Waals surface area contributed by atoms with Crippen LogP contribution in [-0.2, 0) is 14.8 Å². The first-order valence-corrected chi connectivity index (χ1v) is 8.94. The third-order valence-electron chi connectivity index (χ3n) is 2.86. The standard InChI is InChI=1S/C10H12BrClN2O3S2/c1-13-3-2-4-14(6-8(13)15)19(16,17)9-5-7(12)10(11)18-9/h5H,2-4,6H2,1H3. The molecule has 0 aromatic carbocycles. The molecular formula is C10H12BrClN2O3S2. The van der Waals surface area contributed by atoms with Crippen molar-refractivity contribution in [2.45, 2.75) is 10.6 Å². The predicted octanol–water partition coefficient (Wildman–Crippen LogP) is 2.02. The van der Waals surface area contributed by atoms with Crippen molar-refractivity contribution < 1.29 is 13.2 Å². The molecule has 1 aromatic heterocycles. The molecular weight excluding hydrogens is 376 g/mol. The summed E-state index contributed by atoms with van der Waals surface area (Å²) in [5.74, 6) is -0.192. The zero-order valence-electron chi connectivity index (χ0n) is 10.1. The molecule has 106 valence electrons. The van der Waals surface area contributed by atoms with Crippen LogP contribution in [0.3, 0.4) is 0 Å². The second kappa shape index (κ2) is 5.69. The molecule has 2 rings (SSSR count). The molecule has 0 bridgehead atoms. The Balaban J connectivity index is 2.31. The van der Waals surface area contributed by atoms with Crippen LogP contribution in [-0.4, -0.2) is 50.2 Å². The van der Waals surface area contributed by atoms with E-state index in [9.17, 15) is 13.2 Å². The third-order valence-corrected chi connectivity index (χ3v) is 7.62. The van der Waals surface area contributed by atoms with Crippen molar-refractivity contribution in [3.63, 3.8) is 0 Å². The molecule has 1 saturated heterocycles. The zero-order valence-corrected chi connectivity index (χ0v) is 14.1. The Morgan fingerprint density at radius 3 is 2.68 bits per heavy atom. The first kappa shape index (κ1) is 15.2. The van der Waals surface area contributed by atoms with E-state index < -0.39 is 10.0 Å². The summed E-state index contributed by atoms with van der Waals surface area (Å²) < 4.78 is 26.8. The van der Waals surface area contributed by atoms with Crippen molar-refractivity contribution in [1.82, 2.24) is 9.21 Å². The number of likely N-dealkylation sites (N-methyl/N-ethyl adjacent to an activating group) is 1. The highest BCUT2D eigenvalue weighted by Gasteiger charge is 2.31. The number of nitrogens with zero attached hydrogens (tertiary/aromatic N) is 2. The molecule has 9 heteroatoms. The smallest absolute Gasteiger partial charge is 0.253 e. The van der Waals surface area contributed by atoms with Gasteiger partial charge in [-0.25, -0.2) is 8.42 Å². The fourth-order valence-electron chi connectivity index (χ4n) is 1.75. The molecule has 1 aliphatic heterocycles. The Hall–Kier alpha value is -0.150. The lowest BCUT2D eigenvalue weighted by atomic mass is 10.4. The average Bonchev–Trinajstić information content (AvgIpc) is 2.58. The van der Waals surface area contributed by atoms with Crippen LogP contribution in [0.15, 0.2) is 14.1 Å². The van der Waals surface area contributed by atoms with Crippen molar-refractivity contribution in [1.29, 1.82) is 0 Å². The highest BCUT2D eigenvalue weighted by atomic mass is 79.9. The lowest BCUT2D eigenvalue weighted by Crippen LogP contribution is -2.37. The molecule has 0 saturated carbocycles. The number of hydrogen-bond donors (Lipinski definition) is 0. The van der Waals surface area contributed by atoms with Crippen LogP contribution in [0.25, 0.3) is 0 Å². The summed E-state index contributed by atoms with van der Waals surface area (Å²) in [5.41, 5.74) is 0. The third kappa shape index (κ3) is 3.13. The molecule has 1 aromatic rings. The minimum atomic E-state index is -3.65. The Morgan fingerprint density at radius 2 is 2.11 bits per heavy atom. The summed E-state index contributed by atoms with van der Waals surface area (Å²) in [7, 11) is -1.98. The van der Waals surface area contributed by atoms with E-state index in [2.05, 4.69) is 15.9 Å². The fourth-order valence-corrected chi connectivity index (χ4v) is 5.73. The molecule has 0 spiro atoms. The molecule has 0 N–H and O–H groups in total. The summed E-state index contributed by atoms with van der Waals surface area (Å²) in [5, 5.41) is 0.363. The van der Waals surface area contributed by atoms with Crippen LogP contribution in [0.2, 0.25) is 5.02 Å². The van der Waals surface area contributed by atoms with Crippen molar-refractivity contribution in [3.8, 4) is 0 Å². The van der Waals surface area contributed by atoms with Gasteiger partial charge < -0.3 is 4.90 Å². The van der Waals surface area contributed by atoms with E-state index in [1.807, 2.05) is 0 Å². The number of thiophene rings is 1. The van der Waals surface area contributed by atoms with Crippen LogP contribution in [0.5, 0.6) is 0 Å². The summed E-state index contributed by atoms with van der Waals surface area (Å²) in [6.07, 6.45) is 0.627. The molecule has 0 unspecified atom stereocenters. The minimum Gasteiger partial charge on any atom is -0.345 e. The maximum Gasteiger partial charge on any atom is 0.253 e. The van der Waals surface area contributed by atoms with Gasteiger partial charge in [0, 0.05) is 20.1 Å². The number of halogens is 2. The second-order valence-electron chi connectivity index (χ2n) is 4.19. The average molecular weight is 388 g/mol. The second-order valence-corrected chi connectivity index (χ2v) is 9.14. The van der Waals surface area contributed by atoms with Crippen molar-refractivity contribution >= 4 is 54.8 Å². The topological polar surface area (TPSA) is 57.7 Å². The van der Waals surface area contributed by atoms with Gasteiger partial charge in [0.25, 0.3) is 10.0 Å². The van der Waals surface area contributed by atoms with E-state index in [0.29, 0.717) is 28.3 Å². The maximum absolute atomic E-state index is 12.4. The molecule has 5 nitrogen and oxygen atoms in total. The molecule has 1 fully saturated rings. The summed E-state index contributed by atoms with van der Waals surface area (Å²) in [6, 6.07) is 1.41. The SMILES string of the molecule is CN1CCCN(S(=O)(=O)c2cc(Cl)c(Br)s2)CC1=O. The van der Waals surface area contributed by atoms with Gasteiger partial charge in [-0.05, 0) is 28.4 Å². The number of hydrogen-bond acceptors (Lipinski definition) is 4. The molecule has 0 atom stereocenters. The number of carbonyl (C=O) groups is 1. The van der Waals surface area contributed by atoms with Crippen LogP contribution in [0, 0.1) is 0 Å². The monoisotopic (exact) mass is 386 g/mol. The number of rotatable bonds is 2. The van der Waals surface area contributed by atoms with Gasteiger partial charge in [0.1, 0.15) is 4.21 Å². The van der Waals surface area contributed by atoms with Gasteiger partial charge in [-0.15, -0.1) is 11.3 Å². The van der Waals surface area contributed by atoms with Crippen LogP contribution in [0.4, 0.5) is 0 Å². The normalized spacial score (nSPS) is 18.7. The Morgan fingerprint density at radius 1 is 1.42 bits per heavy atom. The Labute approximate surface area is 129 Å². The van der Waals surface area contributed by atoms with Gasteiger partial charge in [-0.2, -0.15) is 4.31 Å². The highest BCUT2D eigenvalue weighted by Crippen LogP contribution is 2.36. The number of carbonyl (C=O) groups excluding carboxylic acids is 1. The van der Waals surface area contributed by atoms with Crippen LogP contribution < -0.4 is 0 Å². The lowest BCUT2D eigenvalue weighted by Gasteiger charge is -2.18. The van der Waals surface area contributed by atoms with Crippen LogP contribution >= 0.6 is 38.9 Å². The highest BCUT2D eigenvalue weighted by molar-refractivity contribution is 9.11. The first-order chi connectivity index (χ1) is 8.82. The fraction of sp³-hybridized carbons (Fsp3) is 0.500. The van der Waals surface area contributed by atoms with Crippen molar-refractivity contribution in [2.75, 3.05) is 26.7 Å². The van der Waals surface area contributed by atoms with Gasteiger partial charge in [-0.1, -0.05) is 11.6 Å². The molecule has 0 aliphatic carbocycles. The van der Waals surface area contributed by atoms with E-state index >= 15 is 0 Å². The van der Waals surface area contributed by atoms with E-state index in [4.69, 9.17) is 11.6 Å². The predicted molar refractivity (Wildman–Crippen MR) is 78.0 cm³/mol. The van der Waals surface area contributed by atoms with Crippen molar-refractivity contribution in [2.24, 2.45) is 0 Å². The van der Waals surface area contributed by atoms with Gasteiger partial charge in [0.05, 0.1) is 15.4 Å². The summed E-state index contributed by atoms with van der Waals surface area (Å²) >= 11 is 10.1.